The summed E-state index contributed by atoms with van der Waals surface area (Å²) in [6.07, 6.45) is 0.939. The molecule has 2 aliphatic heterocycles. The van der Waals surface area contributed by atoms with Crippen LogP contribution in [0.1, 0.15) is 24.8 Å². The number of carbonyl (C=O) groups excluding carboxylic acids is 1. The molecule has 0 aliphatic carbocycles. The maximum atomic E-state index is 14.0. The number of carboxylic acid groups (broad SMARTS) is 1. The zero-order valence-corrected chi connectivity index (χ0v) is 14.2. The van der Waals surface area contributed by atoms with Gasteiger partial charge in [0.25, 0.3) is 0 Å². The summed E-state index contributed by atoms with van der Waals surface area (Å²) in [5.41, 5.74) is -0.733. The largest absolute Gasteiger partial charge is 0.478 e. The molecule has 1 aromatic rings. The summed E-state index contributed by atoms with van der Waals surface area (Å²) in [5.74, 6) is -1.94. The fraction of sp³-hybridized carbons (Fsp3) is 0.556. The molecule has 136 valence electrons. The van der Waals surface area contributed by atoms with Gasteiger partial charge in [-0.2, -0.15) is 0 Å². The van der Waals surface area contributed by atoms with E-state index in [9.17, 15) is 19.1 Å². The van der Waals surface area contributed by atoms with Crippen LogP contribution in [-0.4, -0.2) is 53.8 Å². The van der Waals surface area contributed by atoms with Crippen molar-refractivity contribution in [3.05, 3.63) is 29.6 Å². The first-order valence-corrected chi connectivity index (χ1v) is 8.46. The zero-order chi connectivity index (χ0) is 18.0. The average Bonchev–Trinajstić information content (AvgIpc) is 3.12. The number of ether oxygens (including phenoxy) is 2. The average molecular weight is 351 g/mol. The molecule has 0 radical (unpaired) electrons. The molecule has 3 rings (SSSR count). The fourth-order valence-electron chi connectivity index (χ4n) is 3.33. The van der Waals surface area contributed by atoms with Gasteiger partial charge in [-0.3, -0.25) is 4.79 Å². The van der Waals surface area contributed by atoms with Gasteiger partial charge in [0.2, 0.25) is 11.5 Å². The van der Waals surface area contributed by atoms with Gasteiger partial charge in [-0.25, -0.2) is 9.18 Å². The highest BCUT2D eigenvalue weighted by atomic mass is 19.1. The number of benzene rings is 1. The third-order valence-corrected chi connectivity index (χ3v) is 4.94. The summed E-state index contributed by atoms with van der Waals surface area (Å²) < 4.78 is 24.8. The predicted molar refractivity (Wildman–Crippen MR) is 86.9 cm³/mol. The van der Waals surface area contributed by atoms with Crippen LogP contribution < -0.4 is 4.74 Å². The van der Waals surface area contributed by atoms with Crippen LogP contribution in [0.25, 0.3) is 0 Å². The minimum Gasteiger partial charge on any atom is -0.478 e. The molecule has 0 unspecified atom stereocenters. The van der Waals surface area contributed by atoms with Crippen LogP contribution >= 0.6 is 0 Å². The van der Waals surface area contributed by atoms with Gasteiger partial charge in [-0.1, -0.05) is 6.07 Å². The van der Waals surface area contributed by atoms with Gasteiger partial charge in [-0.15, -0.1) is 0 Å². The van der Waals surface area contributed by atoms with Crippen LogP contribution in [0.4, 0.5) is 4.39 Å². The number of piperidine rings is 1. The highest BCUT2D eigenvalue weighted by Gasteiger charge is 2.46. The summed E-state index contributed by atoms with van der Waals surface area (Å²) in [6, 6.07) is 4.35. The van der Waals surface area contributed by atoms with Gasteiger partial charge in [0.05, 0.1) is 12.5 Å². The van der Waals surface area contributed by atoms with E-state index >= 15 is 0 Å². The Morgan fingerprint density at radius 2 is 2.08 bits per heavy atom. The number of likely N-dealkylation sites (tertiary alicyclic amines) is 1. The van der Waals surface area contributed by atoms with Crippen LogP contribution in [0, 0.1) is 18.7 Å². The number of nitrogens with zero attached hydrogens (tertiary/aromatic N) is 1. The second-order valence-electron chi connectivity index (χ2n) is 6.72. The van der Waals surface area contributed by atoms with Crippen molar-refractivity contribution in [2.75, 3.05) is 26.3 Å². The molecule has 25 heavy (non-hydrogen) atoms. The lowest BCUT2D eigenvalue weighted by Crippen LogP contribution is -2.55. The van der Waals surface area contributed by atoms with Crippen LogP contribution in [0.3, 0.4) is 0 Å². The van der Waals surface area contributed by atoms with E-state index in [0.717, 1.165) is 5.56 Å². The maximum absolute atomic E-state index is 14.0. The van der Waals surface area contributed by atoms with Gasteiger partial charge in [-0.05, 0) is 31.0 Å². The molecule has 1 aromatic carbocycles. The monoisotopic (exact) mass is 351 g/mol. The van der Waals surface area contributed by atoms with E-state index in [2.05, 4.69) is 0 Å². The van der Waals surface area contributed by atoms with Crippen molar-refractivity contribution in [3.63, 3.8) is 0 Å². The number of carbonyl (C=O) groups is 2. The van der Waals surface area contributed by atoms with Crippen LogP contribution in [0.2, 0.25) is 0 Å². The molecule has 0 spiro atoms. The number of hydrogen-bond donors (Lipinski definition) is 1. The molecular weight excluding hydrogens is 329 g/mol. The number of amides is 1. The lowest BCUT2D eigenvalue weighted by Gasteiger charge is -2.39. The molecular formula is C18H22FNO5. The Labute approximate surface area is 145 Å². The number of rotatable bonds is 4. The summed E-state index contributed by atoms with van der Waals surface area (Å²) in [5, 5.41) is 9.68. The minimum absolute atomic E-state index is 0.00164. The van der Waals surface area contributed by atoms with E-state index in [1.165, 1.54) is 12.1 Å². The Balaban J connectivity index is 1.71. The van der Waals surface area contributed by atoms with Gasteiger partial charge in [0, 0.05) is 32.5 Å². The summed E-state index contributed by atoms with van der Waals surface area (Å²) in [4.78, 5) is 25.9. The molecule has 2 saturated heterocycles. The third kappa shape index (κ3) is 3.61. The lowest BCUT2D eigenvalue weighted by atomic mass is 9.90. The quantitative estimate of drug-likeness (QED) is 0.898. The van der Waals surface area contributed by atoms with Gasteiger partial charge in [0.1, 0.15) is 0 Å². The molecule has 2 heterocycles. The Morgan fingerprint density at radius 3 is 2.68 bits per heavy atom. The van der Waals surface area contributed by atoms with Crippen molar-refractivity contribution >= 4 is 11.9 Å². The molecule has 2 aliphatic rings. The molecule has 7 heteroatoms. The Bertz CT molecular complexity index is 663. The topological polar surface area (TPSA) is 76.1 Å². The van der Waals surface area contributed by atoms with Crippen molar-refractivity contribution in [1.82, 2.24) is 4.90 Å². The van der Waals surface area contributed by atoms with Crippen molar-refractivity contribution in [1.29, 1.82) is 0 Å². The van der Waals surface area contributed by atoms with Crippen molar-refractivity contribution in [3.8, 4) is 5.75 Å². The second kappa shape index (κ2) is 7.00. The molecule has 0 aromatic heterocycles. The number of aryl methyl sites for hydroxylation is 1. The number of halogens is 1. The van der Waals surface area contributed by atoms with Crippen molar-refractivity contribution < 1.29 is 28.6 Å². The Kier molecular flexibility index (Phi) is 4.94. The van der Waals surface area contributed by atoms with E-state index in [-0.39, 0.29) is 43.5 Å². The van der Waals surface area contributed by atoms with Gasteiger partial charge < -0.3 is 19.5 Å². The molecule has 1 N–H and O–H groups in total. The number of carboxylic acids is 1. The molecule has 1 amide bonds. The SMILES string of the molecule is Cc1ccc(F)c(OC2(C(=O)O)CCN(C(=O)[C@@H]3CCOC3)CC2)c1. The standard InChI is InChI=1S/C18H22FNO5/c1-12-2-3-14(19)15(10-12)25-18(17(22)23)5-7-20(8-6-18)16(21)13-4-9-24-11-13/h2-3,10,13H,4-9,11H2,1H3,(H,22,23)/t13-/m1/s1. The van der Waals surface area contributed by atoms with E-state index < -0.39 is 17.4 Å². The van der Waals surface area contributed by atoms with E-state index in [1.807, 2.05) is 0 Å². The van der Waals surface area contributed by atoms with Crippen LogP contribution in [-0.2, 0) is 14.3 Å². The van der Waals surface area contributed by atoms with Crippen molar-refractivity contribution in [2.45, 2.75) is 31.8 Å². The second-order valence-corrected chi connectivity index (χ2v) is 6.72. The molecule has 0 bridgehead atoms. The Morgan fingerprint density at radius 1 is 1.36 bits per heavy atom. The first-order valence-electron chi connectivity index (χ1n) is 8.46. The normalized spacial score (nSPS) is 22.6. The van der Waals surface area contributed by atoms with Gasteiger partial charge in [0.15, 0.2) is 11.6 Å². The predicted octanol–water partition coefficient (Wildman–Crippen LogP) is 2.00. The van der Waals surface area contributed by atoms with Crippen LogP contribution in [0.5, 0.6) is 5.75 Å². The first kappa shape index (κ1) is 17.7. The summed E-state index contributed by atoms with van der Waals surface area (Å²) >= 11 is 0. The maximum Gasteiger partial charge on any atom is 0.348 e. The third-order valence-electron chi connectivity index (χ3n) is 4.94. The van der Waals surface area contributed by atoms with E-state index in [1.54, 1.807) is 17.9 Å². The fourth-order valence-corrected chi connectivity index (χ4v) is 3.33. The van der Waals surface area contributed by atoms with E-state index in [0.29, 0.717) is 19.6 Å². The van der Waals surface area contributed by atoms with Gasteiger partial charge >= 0.3 is 5.97 Å². The van der Waals surface area contributed by atoms with Crippen molar-refractivity contribution in [2.24, 2.45) is 5.92 Å². The molecule has 0 saturated carbocycles. The first-order chi connectivity index (χ1) is 11.9. The lowest BCUT2D eigenvalue weighted by molar-refractivity contribution is -0.162. The molecule has 1 atom stereocenters. The summed E-state index contributed by atoms with van der Waals surface area (Å²) in [6.45, 7) is 3.33. The summed E-state index contributed by atoms with van der Waals surface area (Å²) in [7, 11) is 0. The van der Waals surface area contributed by atoms with E-state index in [4.69, 9.17) is 9.47 Å². The minimum atomic E-state index is -1.52. The van der Waals surface area contributed by atoms with Crippen LogP contribution in [0.15, 0.2) is 18.2 Å². The highest BCUT2D eigenvalue weighted by molar-refractivity contribution is 5.81. The molecule has 6 nitrogen and oxygen atoms in total. The number of hydrogen-bond acceptors (Lipinski definition) is 4. The Hall–Kier alpha value is -2.15. The number of aliphatic carboxylic acids is 1. The highest BCUT2D eigenvalue weighted by Crippen LogP contribution is 2.32. The molecule has 2 fully saturated rings. The zero-order valence-electron chi connectivity index (χ0n) is 14.2. The smallest absolute Gasteiger partial charge is 0.348 e.